The number of nitrogens with zero attached hydrogens (tertiary/aromatic N) is 2. The van der Waals surface area contributed by atoms with Crippen LogP contribution in [0.4, 0.5) is 11.4 Å². The summed E-state index contributed by atoms with van der Waals surface area (Å²) >= 11 is 1.72. The van der Waals surface area contributed by atoms with Crippen molar-refractivity contribution in [1.29, 1.82) is 0 Å². The molecule has 0 saturated carbocycles. The number of fused-ring (bicyclic) bond motifs is 2. The summed E-state index contributed by atoms with van der Waals surface area (Å²) in [6.07, 6.45) is 3.08. The Bertz CT molecular complexity index is 867. The van der Waals surface area contributed by atoms with Crippen molar-refractivity contribution in [2.75, 3.05) is 38.3 Å². The highest BCUT2D eigenvalue weighted by Crippen LogP contribution is 2.48. The molecular formula is C23H26N2O3S. The van der Waals surface area contributed by atoms with Gasteiger partial charge in [-0.05, 0) is 43.5 Å². The number of hydrogen-bond donors (Lipinski definition) is 0. The fourth-order valence-corrected chi connectivity index (χ4v) is 5.90. The van der Waals surface area contributed by atoms with E-state index in [4.69, 9.17) is 9.47 Å². The summed E-state index contributed by atoms with van der Waals surface area (Å²) in [6, 6.07) is 16.3. The average Bonchev–Trinajstić information content (AvgIpc) is 3.22. The van der Waals surface area contributed by atoms with Gasteiger partial charge in [0.05, 0.1) is 29.6 Å². The Kier molecular flexibility index (Phi) is 5.12. The molecule has 0 N–H and O–H groups in total. The van der Waals surface area contributed by atoms with Gasteiger partial charge in [0.25, 0.3) is 0 Å². The minimum absolute atomic E-state index is 0.0167. The van der Waals surface area contributed by atoms with Gasteiger partial charge in [-0.2, -0.15) is 0 Å². The maximum atomic E-state index is 13.5. The first kappa shape index (κ1) is 19.1. The molecule has 2 atom stereocenters. The number of carbonyl (C=O) groups excluding carboxylic acids is 1. The third kappa shape index (κ3) is 3.38. The monoisotopic (exact) mass is 410 g/mol. The molecule has 0 aromatic heterocycles. The second kappa shape index (κ2) is 7.76. The van der Waals surface area contributed by atoms with E-state index in [0.29, 0.717) is 6.54 Å². The van der Waals surface area contributed by atoms with E-state index in [9.17, 15) is 4.79 Å². The number of hydrogen-bond acceptors (Lipinski definition) is 5. The molecule has 152 valence electrons. The highest BCUT2D eigenvalue weighted by Gasteiger charge is 2.47. The molecule has 2 aromatic carbocycles. The number of carbonyl (C=O) groups is 1. The van der Waals surface area contributed by atoms with Crippen molar-refractivity contribution in [1.82, 2.24) is 4.90 Å². The first-order valence-corrected chi connectivity index (χ1v) is 11.1. The molecule has 0 aliphatic carbocycles. The maximum Gasteiger partial charge on any atom is 0.245 e. The zero-order valence-corrected chi connectivity index (χ0v) is 17.5. The van der Waals surface area contributed by atoms with E-state index in [-0.39, 0.29) is 17.6 Å². The van der Waals surface area contributed by atoms with Gasteiger partial charge in [0, 0.05) is 36.6 Å². The lowest BCUT2D eigenvalue weighted by Gasteiger charge is -2.44. The number of amides is 1. The summed E-state index contributed by atoms with van der Waals surface area (Å²) < 4.78 is 11.9. The predicted octanol–water partition coefficient (Wildman–Crippen LogP) is 4.09. The first-order chi connectivity index (χ1) is 14.2. The van der Waals surface area contributed by atoms with Gasteiger partial charge in [-0.1, -0.05) is 36.0 Å². The highest BCUT2D eigenvalue weighted by molar-refractivity contribution is 7.99. The van der Waals surface area contributed by atoms with E-state index in [2.05, 4.69) is 17.0 Å². The SMILES string of the molecule is COC1CN(CC(=O)N2c3ccccc3Sc3ccccc32)CCC12CCCO2. The van der Waals surface area contributed by atoms with Gasteiger partial charge in [0.1, 0.15) is 0 Å². The van der Waals surface area contributed by atoms with E-state index >= 15 is 0 Å². The van der Waals surface area contributed by atoms with Crippen LogP contribution in [0.3, 0.4) is 0 Å². The quantitative estimate of drug-likeness (QED) is 0.763. The van der Waals surface area contributed by atoms with Crippen LogP contribution < -0.4 is 4.90 Å². The molecule has 5 nitrogen and oxygen atoms in total. The van der Waals surface area contributed by atoms with Crippen LogP contribution in [0, 0.1) is 0 Å². The van der Waals surface area contributed by atoms with Crippen LogP contribution >= 0.6 is 11.8 Å². The molecule has 2 saturated heterocycles. The molecule has 0 radical (unpaired) electrons. The smallest absolute Gasteiger partial charge is 0.245 e. The molecule has 6 heteroatoms. The molecule has 1 amide bonds. The van der Waals surface area contributed by atoms with Crippen LogP contribution in [0.15, 0.2) is 58.3 Å². The van der Waals surface area contributed by atoms with Crippen molar-refractivity contribution in [3.63, 3.8) is 0 Å². The molecule has 1 spiro atoms. The Morgan fingerprint density at radius 3 is 2.45 bits per heavy atom. The topological polar surface area (TPSA) is 42.0 Å². The number of likely N-dealkylation sites (tertiary alicyclic amines) is 1. The van der Waals surface area contributed by atoms with Gasteiger partial charge >= 0.3 is 0 Å². The van der Waals surface area contributed by atoms with Crippen LogP contribution in [0.25, 0.3) is 0 Å². The molecule has 3 aliphatic heterocycles. The zero-order chi connectivity index (χ0) is 19.8. The second-order valence-electron chi connectivity index (χ2n) is 7.99. The van der Waals surface area contributed by atoms with E-state index in [1.807, 2.05) is 41.3 Å². The molecule has 2 fully saturated rings. The number of methoxy groups -OCH3 is 1. The van der Waals surface area contributed by atoms with Crippen molar-refractivity contribution in [2.24, 2.45) is 0 Å². The maximum absolute atomic E-state index is 13.5. The van der Waals surface area contributed by atoms with Crippen LogP contribution in [-0.2, 0) is 14.3 Å². The van der Waals surface area contributed by atoms with Gasteiger partial charge < -0.3 is 9.47 Å². The number of benzene rings is 2. The Morgan fingerprint density at radius 2 is 1.83 bits per heavy atom. The summed E-state index contributed by atoms with van der Waals surface area (Å²) in [5.41, 5.74) is 1.78. The number of piperidine rings is 1. The fraction of sp³-hybridized carbons (Fsp3) is 0.435. The van der Waals surface area contributed by atoms with Crippen molar-refractivity contribution in [2.45, 2.75) is 40.8 Å². The third-order valence-electron chi connectivity index (χ3n) is 6.32. The summed E-state index contributed by atoms with van der Waals surface area (Å²) in [5.74, 6) is 0.100. The molecular weight excluding hydrogens is 384 g/mol. The normalized spacial score (nSPS) is 26.4. The molecule has 3 heterocycles. The lowest BCUT2D eigenvalue weighted by molar-refractivity contribution is -0.145. The van der Waals surface area contributed by atoms with E-state index in [1.54, 1.807) is 18.9 Å². The van der Waals surface area contributed by atoms with Crippen LogP contribution in [0.5, 0.6) is 0 Å². The van der Waals surface area contributed by atoms with Gasteiger partial charge in [-0.15, -0.1) is 0 Å². The van der Waals surface area contributed by atoms with E-state index < -0.39 is 0 Å². The Labute approximate surface area is 176 Å². The molecule has 2 unspecified atom stereocenters. The van der Waals surface area contributed by atoms with Crippen molar-refractivity contribution < 1.29 is 14.3 Å². The summed E-state index contributed by atoms with van der Waals surface area (Å²) in [6.45, 7) is 2.78. The lowest BCUT2D eigenvalue weighted by atomic mass is 9.86. The summed E-state index contributed by atoms with van der Waals surface area (Å²) in [5, 5.41) is 0. The summed E-state index contributed by atoms with van der Waals surface area (Å²) in [7, 11) is 1.76. The number of ether oxygens (including phenoxy) is 2. The van der Waals surface area contributed by atoms with E-state index in [0.717, 1.165) is 60.1 Å². The second-order valence-corrected chi connectivity index (χ2v) is 9.08. The third-order valence-corrected chi connectivity index (χ3v) is 7.45. The van der Waals surface area contributed by atoms with E-state index in [1.165, 1.54) is 0 Å². The van der Waals surface area contributed by atoms with Crippen molar-refractivity contribution in [3.05, 3.63) is 48.5 Å². The summed E-state index contributed by atoms with van der Waals surface area (Å²) in [4.78, 5) is 19.8. The largest absolute Gasteiger partial charge is 0.377 e. The van der Waals surface area contributed by atoms with Crippen molar-refractivity contribution in [3.8, 4) is 0 Å². The number of rotatable bonds is 3. The van der Waals surface area contributed by atoms with Gasteiger partial charge in [0.15, 0.2) is 0 Å². The fourth-order valence-electron chi connectivity index (χ4n) is 4.84. The molecule has 3 aliphatic rings. The minimum atomic E-state index is -0.157. The van der Waals surface area contributed by atoms with Crippen LogP contribution in [0.2, 0.25) is 0 Å². The Morgan fingerprint density at radius 1 is 1.14 bits per heavy atom. The van der Waals surface area contributed by atoms with Gasteiger partial charge in [0.2, 0.25) is 5.91 Å². The Balaban J connectivity index is 1.38. The lowest BCUT2D eigenvalue weighted by Crippen LogP contribution is -2.57. The first-order valence-electron chi connectivity index (χ1n) is 10.3. The molecule has 2 aromatic rings. The highest BCUT2D eigenvalue weighted by atomic mass is 32.2. The predicted molar refractivity (Wildman–Crippen MR) is 114 cm³/mol. The molecule has 5 rings (SSSR count). The van der Waals surface area contributed by atoms with Crippen LogP contribution in [-0.4, -0.2) is 55.9 Å². The number of anilines is 2. The molecule has 0 bridgehead atoms. The average molecular weight is 411 g/mol. The van der Waals surface area contributed by atoms with Gasteiger partial charge in [-0.25, -0.2) is 0 Å². The minimum Gasteiger partial charge on any atom is -0.377 e. The number of para-hydroxylation sites is 2. The van der Waals surface area contributed by atoms with Gasteiger partial charge in [-0.3, -0.25) is 14.6 Å². The van der Waals surface area contributed by atoms with Crippen molar-refractivity contribution >= 4 is 29.0 Å². The van der Waals surface area contributed by atoms with Crippen LogP contribution in [0.1, 0.15) is 19.3 Å². The molecule has 29 heavy (non-hydrogen) atoms. The standard InChI is InChI=1S/C23H26N2O3S/c1-27-21-15-24(13-12-23(21)11-6-14-28-23)16-22(26)25-17-7-2-4-9-19(17)29-20-10-5-3-8-18(20)25/h2-5,7-10,21H,6,11-16H2,1H3. The zero-order valence-electron chi connectivity index (χ0n) is 16.7. The Hall–Kier alpha value is -1.86.